The minimum absolute atomic E-state index is 0.553. The molecule has 0 aromatic carbocycles. The van der Waals surface area contributed by atoms with Crippen LogP contribution in [0.15, 0.2) is 29.5 Å². The molecule has 0 amide bonds. The predicted octanol–water partition coefficient (Wildman–Crippen LogP) is 1.94. The Bertz CT molecular complexity index is 607. The summed E-state index contributed by atoms with van der Waals surface area (Å²) in [5, 5.41) is 7.66. The molecule has 23 heavy (non-hydrogen) atoms. The van der Waals surface area contributed by atoms with Gasteiger partial charge in [-0.25, -0.2) is 4.98 Å². The van der Waals surface area contributed by atoms with Crippen molar-refractivity contribution in [3.05, 3.63) is 40.1 Å². The second-order valence-electron chi connectivity index (χ2n) is 4.96. The number of nitrogens with one attached hydrogen (secondary N) is 2. The molecule has 0 bridgehead atoms. The maximum absolute atomic E-state index is 5.57. The quantitative estimate of drug-likeness (QED) is 0.460. The van der Waals surface area contributed by atoms with Crippen LogP contribution in [-0.2, 0) is 6.42 Å². The van der Waals surface area contributed by atoms with Gasteiger partial charge in [-0.1, -0.05) is 0 Å². The number of rotatable bonds is 7. The first kappa shape index (κ1) is 17.2. The molecule has 0 atom stereocenters. The van der Waals surface area contributed by atoms with Gasteiger partial charge in [0.25, 0.3) is 0 Å². The van der Waals surface area contributed by atoms with Gasteiger partial charge in [0.15, 0.2) is 5.96 Å². The highest BCUT2D eigenvalue weighted by Crippen LogP contribution is 2.16. The molecule has 0 saturated carbocycles. The minimum Gasteiger partial charge on any atom is -0.490 e. The van der Waals surface area contributed by atoms with Crippen LogP contribution in [0, 0.1) is 13.8 Å². The molecule has 0 radical (unpaired) electrons. The molecule has 0 saturated heterocycles. The Labute approximate surface area is 141 Å². The summed E-state index contributed by atoms with van der Waals surface area (Å²) in [5.74, 6) is 1.54. The number of ether oxygens (including phenoxy) is 1. The van der Waals surface area contributed by atoms with Crippen LogP contribution in [-0.4, -0.2) is 42.7 Å². The molecule has 0 fully saturated rings. The number of guanidine groups is 1. The van der Waals surface area contributed by atoms with Crippen molar-refractivity contribution in [2.45, 2.75) is 20.3 Å². The van der Waals surface area contributed by atoms with Crippen LogP contribution in [0.5, 0.6) is 5.75 Å². The number of nitrogens with zero attached hydrogens (tertiary/aromatic N) is 3. The predicted molar refractivity (Wildman–Crippen MR) is 94.4 cm³/mol. The molecule has 0 aliphatic rings. The van der Waals surface area contributed by atoms with Crippen molar-refractivity contribution in [3.63, 3.8) is 0 Å². The summed E-state index contributed by atoms with van der Waals surface area (Å²) in [6.07, 6.45) is 4.32. The van der Waals surface area contributed by atoms with Gasteiger partial charge in [-0.3, -0.25) is 9.98 Å². The first-order valence-electron chi connectivity index (χ1n) is 7.59. The van der Waals surface area contributed by atoms with Crippen molar-refractivity contribution in [2.24, 2.45) is 4.99 Å². The van der Waals surface area contributed by atoms with Gasteiger partial charge in [0.1, 0.15) is 12.4 Å². The summed E-state index contributed by atoms with van der Waals surface area (Å²) in [5.41, 5.74) is 1.13. The van der Waals surface area contributed by atoms with E-state index in [1.807, 2.05) is 19.1 Å². The number of thiazole rings is 1. The highest BCUT2D eigenvalue weighted by molar-refractivity contribution is 7.11. The van der Waals surface area contributed by atoms with Crippen molar-refractivity contribution in [1.29, 1.82) is 0 Å². The van der Waals surface area contributed by atoms with E-state index in [0.717, 1.165) is 35.4 Å². The van der Waals surface area contributed by atoms with E-state index in [0.29, 0.717) is 13.2 Å². The summed E-state index contributed by atoms with van der Waals surface area (Å²) in [4.78, 5) is 14.0. The lowest BCUT2D eigenvalue weighted by Gasteiger charge is -2.11. The fourth-order valence-corrected chi connectivity index (χ4v) is 2.86. The van der Waals surface area contributed by atoms with Crippen LogP contribution < -0.4 is 15.4 Å². The Morgan fingerprint density at radius 2 is 2.13 bits per heavy atom. The van der Waals surface area contributed by atoms with E-state index in [4.69, 9.17) is 4.74 Å². The molecule has 2 N–H and O–H groups in total. The zero-order valence-corrected chi connectivity index (χ0v) is 14.6. The molecule has 0 unspecified atom stereocenters. The van der Waals surface area contributed by atoms with E-state index < -0.39 is 0 Å². The molecule has 2 heterocycles. The topological polar surface area (TPSA) is 71.4 Å². The third-order valence-electron chi connectivity index (χ3n) is 3.23. The van der Waals surface area contributed by atoms with Gasteiger partial charge in [0, 0.05) is 31.1 Å². The maximum Gasteiger partial charge on any atom is 0.191 e. The van der Waals surface area contributed by atoms with Gasteiger partial charge in [-0.05, 0) is 26.0 Å². The number of hydrogen-bond donors (Lipinski definition) is 2. The van der Waals surface area contributed by atoms with Crippen LogP contribution in [0.2, 0.25) is 0 Å². The Morgan fingerprint density at radius 1 is 1.30 bits per heavy atom. The van der Waals surface area contributed by atoms with Gasteiger partial charge in [-0.2, -0.15) is 0 Å². The van der Waals surface area contributed by atoms with Gasteiger partial charge < -0.3 is 15.4 Å². The Morgan fingerprint density at radius 3 is 2.78 bits per heavy atom. The largest absolute Gasteiger partial charge is 0.490 e. The van der Waals surface area contributed by atoms with Crippen molar-refractivity contribution in [1.82, 2.24) is 20.6 Å². The molecule has 0 spiro atoms. The van der Waals surface area contributed by atoms with Crippen LogP contribution in [0.25, 0.3) is 0 Å². The van der Waals surface area contributed by atoms with E-state index in [2.05, 4.69) is 32.5 Å². The van der Waals surface area contributed by atoms with E-state index in [9.17, 15) is 0 Å². The normalized spacial score (nSPS) is 11.3. The minimum atomic E-state index is 0.553. The van der Waals surface area contributed by atoms with Gasteiger partial charge in [-0.15, -0.1) is 11.3 Å². The number of hydrogen-bond acceptors (Lipinski definition) is 5. The Balaban J connectivity index is 1.63. The van der Waals surface area contributed by atoms with Crippen LogP contribution in [0.1, 0.15) is 15.6 Å². The average molecular weight is 333 g/mol. The van der Waals surface area contributed by atoms with Gasteiger partial charge >= 0.3 is 0 Å². The van der Waals surface area contributed by atoms with Crippen LogP contribution >= 0.6 is 11.3 Å². The molecular weight excluding hydrogens is 310 g/mol. The lowest BCUT2D eigenvalue weighted by molar-refractivity contribution is 0.320. The van der Waals surface area contributed by atoms with E-state index in [1.54, 1.807) is 30.8 Å². The number of aliphatic imine (C=N–C) groups is 1. The molecular formula is C16H23N5OS. The Kier molecular flexibility index (Phi) is 6.80. The summed E-state index contributed by atoms with van der Waals surface area (Å²) in [6, 6.07) is 3.74. The number of pyridine rings is 1. The lowest BCUT2D eigenvalue weighted by Crippen LogP contribution is -2.40. The fraction of sp³-hybridized carbons (Fsp3) is 0.438. The molecule has 6 nitrogen and oxygen atoms in total. The second kappa shape index (κ2) is 9.09. The molecule has 2 aromatic heterocycles. The Hall–Kier alpha value is -2.15. The zero-order valence-electron chi connectivity index (χ0n) is 13.8. The standard InChI is InChI=1S/C16H23N5OS/c1-12-13(2)23-15(21-12)6-8-19-16(17-3)20-9-10-22-14-5-4-7-18-11-14/h4-5,7,11H,6,8-10H2,1-3H3,(H2,17,19,20). The molecule has 0 aliphatic carbocycles. The molecule has 7 heteroatoms. The third kappa shape index (κ3) is 5.86. The summed E-state index contributed by atoms with van der Waals surface area (Å²) < 4.78 is 5.57. The average Bonchev–Trinajstić information content (AvgIpc) is 2.89. The SMILES string of the molecule is CN=C(NCCOc1cccnc1)NCCc1nc(C)c(C)s1. The summed E-state index contributed by atoms with van der Waals surface area (Å²) in [7, 11) is 1.76. The highest BCUT2D eigenvalue weighted by atomic mass is 32.1. The van der Waals surface area contributed by atoms with E-state index in [-0.39, 0.29) is 0 Å². The zero-order chi connectivity index (χ0) is 16.5. The summed E-state index contributed by atoms with van der Waals surface area (Å²) in [6.45, 7) is 6.18. The van der Waals surface area contributed by atoms with Crippen LogP contribution in [0.3, 0.4) is 0 Å². The lowest BCUT2D eigenvalue weighted by atomic mass is 10.4. The monoisotopic (exact) mass is 333 g/mol. The van der Waals surface area contributed by atoms with E-state index >= 15 is 0 Å². The van der Waals surface area contributed by atoms with Crippen molar-refractivity contribution in [2.75, 3.05) is 26.7 Å². The van der Waals surface area contributed by atoms with Crippen LogP contribution in [0.4, 0.5) is 0 Å². The molecule has 0 aliphatic heterocycles. The van der Waals surface area contributed by atoms with E-state index in [1.165, 1.54) is 4.88 Å². The summed E-state index contributed by atoms with van der Waals surface area (Å²) >= 11 is 1.76. The molecule has 2 rings (SSSR count). The first-order valence-corrected chi connectivity index (χ1v) is 8.41. The van der Waals surface area contributed by atoms with Crippen molar-refractivity contribution < 1.29 is 4.74 Å². The molecule has 124 valence electrons. The van der Waals surface area contributed by atoms with Gasteiger partial charge in [0.05, 0.1) is 23.4 Å². The van der Waals surface area contributed by atoms with Gasteiger partial charge in [0.2, 0.25) is 0 Å². The molecule has 2 aromatic rings. The van der Waals surface area contributed by atoms with Crippen molar-refractivity contribution >= 4 is 17.3 Å². The van der Waals surface area contributed by atoms with Crippen molar-refractivity contribution in [3.8, 4) is 5.75 Å². The number of aryl methyl sites for hydroxylation is 2. The highest BCUT2D eigenvalue weighted by Gasteiger charge is 2.04. The second-order valence-corrected chi connectivity index (χ2v) is 6.25. The first-order chi connectivity index (χ1) is 11.2. The smallest absolute Gasteiger partial charge is 0.191 e. The fourth-order valence-electron chi connectivity index (χ4n) is 1.93. The number of aromatic nitrogens is 2. The third-order valence-corrected chi connectivity index (χ3v) is 4.36. The maximum atomic E-state index is 5.57.